The number of aryl methyl sites for hydroxylation is 1. The van der Waals surface area contributed by atoms with Crippen LogP contribution in [0.1, 0.15) is 47.4 Å². The first-order valence-electron chi connectivity index (χ1n) is 9.75. The van der Waals surface area contributed by atoms with Gasteiger partial charge in [0.2, 0.25) is 0 Å². The number of nitrogens with one attached hydrogen (secondary N) is 1. The van der Waals surface area contributed by atoms with Crippen LogP contribution in [0, 0.1) is 6.92 Å². The van der Waals surface area contributed by atoms with Gasteiger partial charge in [-0.2, -0.15) is 0 Å². The summed E-state index contributed by atoms with van der Waals surface area (Å²) in [6, 6.07) is 14.9. The first kappa shape index (κ1) is 18.3. The van der Waals surface area contributed by atoms with Gasteiger partial charge in [0.1, 0.15) is 5.75 Å². The van der Waals surface area contributed by atoms with Crippen LogP contribution in [0.2, 0.25) is 0 Å². The van der Waals surface area contributed by atoms with E-state index in [0.29, 0.717) is 29.6 Å². The van der Waals surface area contributed by atoms with Crippen LogP contribution in [-0.4, -0.2) is 28.9 Å². The van der Waals surface area contributed by atoms with Crippen molar-refractivity contribution in [2.75, 3.05) is 13.2 Å². The minimum absolute atomic E-state index is 0.0370. The molecule has 28 heavy (non-hydrogen) atoms. The summed E-state index contributed by atoms with van der Waals surface area (Å²) in [4.78, 5) is 30.9. The molecule has 5 nitrogen and oxygen atoms in total. The van der Waals surface area contributed by atoms with E-state index in [4.69, 9.17) is 4.74 Å². The van der Waals surface area contributed by atoms with Crippen LogP contribution in [0.25, 0.3) is 10.9 Å². The maximum absolute atomic E-state index is 13.4. The lowest BCUT2D eigenvalue weighted by molar-refractivity contribution is 0.0737. The maximum atomic E-state index is 13.4. The monoisotopic (exact) mass is 376 g/mol. The van der Waals surface area contributed by atoms with Crippen molar-refractivity contribution < 1.29 is 9.53 Å². The number of H-pyrrole nitrogens is 1. The van der Waals surface area contributed by atoms with Crippen molar-refractivity contribution in [3.8, 4) is 5.75 Å². The second-order valence-corrected chi connectivity index (χ2v) is 7.20. The van der Waals surface area contributed by atoms with Crippen molar-refractivity contribution in [1.82, 2.24) is 9.88 Å². The molecule has 1 N–H and O–H groups in total. The van der Waals surface area contributed by atoms with Gasteiger partial charge in [-0.05, 0) is 56.5 Å². The Labute approximate surface area is 163 Å². The number of hydrogen-bond acceptors (Lipinski definition) is 3. The van der Waals surface area contributed by atoms with E-state index in [1.165, 1.54) is 0 Å². The fourth-order valence-corrected chi connectivity index (χ4v) is 4.04. The molecule has 4 rings (SSSR count). The average Bonchev–Trinajstić information content (AvgIpc) is 3.17. The summed E-state index contributed by atoms with van der Waals surface area (Å²) in [7, 11) is 0. The fourth-order valence-electron chi connectivity index (χ4n) is 4.04. The number of rotatable bonds is 4. The van der Waals surface area contributed by atoms with Crippen LogP contribution in [0.5, 0.6) is 5.75 Å². The number of nitrogens with zero attached hydrogens (tertiary/aromatic N) is 1. The Morgan fingerprint density at radius 1 is 1.21 bits per heavy atom. The molecule has 0 spiro atoms. The SMILES string of the molecule is CCOc1ccc(C2CCCN2C(=O)c2cccc3c(=O)cc(C)[nH]c23)cc1. The minimum atomic E-state index is -0.0645. The van der Waals surface area contributed by atoms with Crippen molar-refractivity contribution in [3.05, 3.63) is 75.6 Å². The van der Waals surface area contributed by atoms with Gasteiger partial charge < -0.3 is 14.6 Å². The minimum Gasteiger partial charge on any atom is -0.494 e. The lowest BCUT2D eigenvalue weighted by Gasteiger charge is -2.26. The van der Waals surface area contributed by atoms with Gasteiger partial charge in [-0.25, -0.2) is 0 Å². The van der Waals surface area contributed by atoms with E-state index in [0.717, 1.165) is 29.8 Å². The van der Waals surface area contributed by atoms with Crippen molar-refractivity contribution in [3.63, 3.8) is 0 Å². The van der Waals surface area contributed by atoms with E-state index >= 15 is 0 Å². The van der Waals surface area contributed by atoms with Crippen molar-refractivity contribution in [2.45, 2.75) is 32.7 Å². The summed E-state index contributed by atoms with van der Waals surface area (Å²) in [5.74, 6) is 0.799. The first-order valence-corrected chi connectivity index (χ1v) is 9.75. The Balaban J connectivity index is 1.69. The van der Waals surface area contributed by atoms with Crippen LogP contribution in [-0.2, 0) is 0 Å². The second-order valence-electron chi connectivity index (χ2n) is 7.20. The Morgan fingerprint density at radius 3 is 2.75 bits per heavy atom. The molecule has 1 unspecified atom stereocenters. The van der Waals surface area contributed by atoms with Crippen LogP contribution in [0.4, 0.5) is 0 Å². The number of hydrogen-bond donors (Lipinski definition) is 1. The molecule has 0 radical (unpaired) electrons. The number of likely N-dealkylation sites (tertiary alicyclic amines) is 1. The summed E-state index contributed by atoms with van der Waals surface area (Å²) in [6.45, 7) is 5.14. The predicted molar refractivity (Wildman–Crippen MR) is 110 cm³/mol. The number of aromatic amines is 1. The van der Waals surface area contributed by atoms with E-state index in [9.17, 15) is 9.59 Å². The van der Waals surface area contributed by atoms with E-state index in [-0.39, 0.29) is 17.4 Å². The van der Waals surface area contributed by atoms with E-state index in [1.807, 2.05) is 43.0 Å². The van der Waals surface area contributed by atoms with E-state index < -0.39 is 0 Å². The molecule has 0 aliphatic carbocycles. The van der Waals surface area contributed by atoms with Crippen LogP contribution < -0.4 is 10.2 Å². The third-order valence-electron chi connectivity index (χ3n) is 5.32. The summed E-state index contributed by atoms with van der Waals surface area (Å²) in [6.07, 6.45) is 1.89. The molecule has 1 atom stereocenters. The summed E-state index contributed by atoms with van der Waals surface area (Å²) < 4.78 is 5.52. The molecule has 1 aliphatic heterocycles. The predicted octanol–water partition coefficient (Wildman–Crippen LogP) is 4.21. The summed E-state index contributed by atoms with van der Waals surface area (Å²) in [5.41, 5.74) is 2.97. The standard InChI is InChI=1S/C23H24N2O3/c1-3-28-17-11-9-16(10-12-17)20-8-5-13-25(20)23(27)19-7-4-6-18-21(26)14-15(2)24-22(18)19/h4,6-7,9-12,14,20H,3,5,8,13H2,1-2H3,(H,24,26). The molecule has 5 heteroatoms. The number of pyridine rings is 1. The smallest absolute Gasteiger partial charge is 0.256 e. The molecular weight excluding hydrogens is 352 g/mol. The summed E-state index contributed by atoms with van der Waals surface area (Å²) >= 11 is 0. The largest absolute Gasteiger partial charge is 0.494 e. The molecule has 144 valence electrons. The number of carbonyl (C=O) groups is 1. The molecule has 1 amide bonds. The van der Waals surface area contributed by atoms with Crippen LogP contribution >= 0.6 is 0 Å². The molecule has 0 bridgehead atoms. The lowest BCUT2D eigenvalue weighted by atomic mass is 10.0. The normalized spacial score (nSPS) is 16.5. The van der Waals surface area contributed by atoms with Gasteiger partial charge in [-0.1, -0.05) is 18.2 Å². The highest BCUT2D eigenvalue weighted by molar-refractivity contribution is 6.05. The summed E-state index contributed by atoms with van der Waals surface area (Å²) in [5, 5.41) is 0.549. The highest BCUT2D eigenvalue weighted by Crippen LogP contribution is 2.34. The third kappa shape index (κ3) is 3.28. The zero-order valence-electron chi connectivity index (χ0n) is 16.2. The molecular formula is C23H24N2O3. The molecule has 1 fully saturated rings. The van der Waals surface area contributed by atoms with Gasteiger partial charge >= 0.3 is 0 Å². The van der Waals surface area contributed by atoms with Gasteiger partial charge in [0.15, 0.2) is 5.43 Å². The van der Waals surface area contributed by atoms with E-state index in [1.54, 1.807) is 24.3 Å². The van der Waals surface area contributed by atoms with Gasteiger partial charge in [-0.15, -0.1) is 0 Å². The lowest BCUT2D eigenvalue weighted by Crippen LogP contribution is -2.31. The second kappa shape index (κ2) is 7.50. The van der Waals surface area contributed by atoms with Gasteiger partial charge in [-0.3, -0.25) is 9.59 Å². The highest BCUT2D eigenvalue weighted by atomic mass is 16.5. The Hall–Kier alpha value is -3.08. The quantitative estimate of drug-likeness (QED) is 0.742. The molecule has 2 aromatic carbocycles. The van der Waals surface area contributed by atoms with Gasteiger partial charge in [0, 0.05) is 23.7 Å². The Kier molecular flexibility index (Phi) is 4.90. The fraction of sp³-hybridized carbons (Fsp3) is 0.304. The number of amides is 1. The number of carbonyl (C=O) groups excluding carboxylic acids is 1. The number of ether oxygens (including phenoxy) is 1. The highest BCUT2D eigenvalue weighted by Gasteiger charge is 2.31. The molecule has 1 aliphatic rings. The van der Waals surface area contributed by atoms with Gasteiger partial charge in [0.05, 0.1) is 23.7 Å². The van der Waals surface area contributed by atoms with Crippen LogP contribution in [0.15, 0.2) is 53.3 Å². The van der Waals surface area contributed by atoms with Crippen LogP contribution in [0.3, 0.4) is 0 Å². The van der Waals surface area contributed by atoms with Crippen molar-refractivity contribution >= 4 is 16.8 Å². The van der Waals surface area contributed by atoms with Gasteiger partial charge in [0.25, 0.3) is 5.91 Å². The number of fused-ring (bicyclic) bond motifs is 1. The number of benzene rings is 2. The number of aromatic nitrogens is 1. The maximum Gasteiger partial charge on any atom is 0.256 e. The Bertz CT molecular complexity index is 1070. The molecule has 1 saturated heterocycles. The topological polar surface area (TPSA) is 62.4 Å². The number of para-hydroxylation sites is 1. The first-order chi connectivity index (χ1) is 13.6. The van der Waals surface area contributed by atoms with Crippen molar-refractivity contribution in [2.24, 2.45) is 0 Å². The zero-order chi connectivity index (χ0) is 19.7. The zero-order valence-corrected chi connectivity index (χ0v) is 16.2. The van der Waals surface area contributed by atoms with E-state index in [2.05, 4.69) is 4.98 Å². The molecule has 2 heterocycles. The molecule has 3 aromatic rings. The molecule has 1 aromatic heterocycles. The average molecular weight is 376 g/mol. The molecule has 0 saturated carbocycles. The third-order valence-corrected chi connectivity index (χ3v) is 5.32. The van der Waals surface area contributed by atoms with Crippen molar-refractivity contribution in [1.29, 1.82) is 0 Å². The Morgan fingerprint density at radius 2 is 2.00 bits per heavy atom.